The molecule has 2 aromatic rings. The number of hydrogen-bond acceptors (Lipinski definition) is 6. The van der Waals surface area contributed by atoms with E-state index in [1.54, 1.807) is 18.5 Å². The molecule has 2 heterocycles. The average molecular weight is 327 g/mol. The summed E-state index contributed by atoms with van der Waals surface area (Å²) in [7, 11) is 1.93. The minimum Gasteiger partial charge on any atom is -0.494 e. The third-order valence-corrected chi connectivity index (χ3v) is 4.04. The molecule has 3 rings (SSSR count). The Morgan fingerprint density at radius 2 is 2.38 bits per heavy atom. The van der Waals surface area contributed by atoms with Gasteiger partial charge in [-0.3, -0.25) is 4.90 Å². The zero-order valence-corrected chi connectivity index (χ0v) is 13.8. The zero-order chi connectivity index (χ0) is 16.8. The summed E-state index contributed by atoms with van der Waals surface area (Å²) in [4.78, 5) is 2.36. The minimum atomic E-state index is -0.0283. The first-order valence-corrected chi connectivity index (χ1v) is 8.07. The van der Waals surface area contributed by atoms with E-state index in [-0.39, 0.29) is 6.10 Å². The molecular weight excluding hydrogens is 306 g/mol. The lowest BCUT2D eigenvalue weighted by molar-refractivity contribution is -0.0366. The highest BCUT2D eigenvalue weighted by Gasteiger charge is 2.25. The SMILES string of the molecule is Cn1cnnc1C1CN(CCCOc2cccc(C#N)c2)CCO1. The van der Waals surface area contributed by atoms with Gasteiger partial charge >= 0.3 is 0 Å². The van der Waals surface area contributed by atoms with Crippen LogP contribution in [-0.2, 0) is 11.8 Å². The van der Waals surface area contributed by atoms with Crippen LogP contribution in [0.25, 0.3) is 0 Å². The summed E-state index contributed by atoms with van der Waals surface area (Å²) < 4.78 is 13.4. The molecule has 126 valence electrons. The Morgan fingerprint density at radius 1 is 1.46 bits per heavy atom. The molecule has 0 amide bonds. The van der Waals surface area contributed by atoms with Gasteiger partial charge in [-0.1, -0.05) is 6.07 Å². The Labute approximate surface area is 141 Å². The fourth-order valence-corrected chi connectivity index (χ4v) is 2.78. The predicted octanol–water partition coefficient (Wildman–Crippen LogP) is 1.53. The summed E-state index contributed by atoms with van der Waals surface area (Å²) in [5.74, 6) is 1.61. The fourth-order valence-electron chi connectivity index (χ4n) is 2.78. The van der Waals surface area contributed by atoms with Crippen molar-refractivity contribution >= 4 is 0 Å². The van der Waals surface area contributed by atoms with Gasteiger partial charge in [0.05, 0.1) is 24.8 Å². The third kappa shape index (κ3) is 4.10. The number of ether oxygens (including phenoxy) is 2. The molecule has 0 radical (unpaired) electrons. The molecule has 1 aliphatic rings. The monoisotopic (exact) mass is 327 g/mol. The lowest BCUT2D eigenvalue weighted by atomic mass is 10.2. The van der Waals surface area contributed by atoms with Gasteiger partial charge in [0.2, 0.25) is 0 Å². The lowest BCUT2D eigenvalue weighted by Crippen LogP contribution is -2.40. The highest BCUT2D eigenvalue weighted by atomic mass is 16.5. The van der Waals surface area contributed by atoms with E-state index >= 15 is 0 Å². The number of aryl methyl sites for hydroxylation is 1. The van der Waals surface area contributed by atoms with Gasteiger partial charge in [0.1, 0.15) is 18.2 Å². The van der Waals surface area contributed by atoms with E-state index in [0.717, 1.165) is 37.6 Å². The number of rotatable bonds is 6. The highest BCUT2D eigenvalue weighted by Crippen LogP contribution is 2.20. The summed E-state index contributed by atoms with van der Waals surface area (Å²) >= 11 is 0. The number of benzene rings is 1. The molecule has 7 nitrogen and oxygen atoms in total. The van der Waals surface area contributed by atoms with Gasteiger partial charge in [0.15, 0.2) is 5.82 Å². The van der Waals surface area contributed by atoms with Gasteiger partial charge < -0.3 is 14.0 Å². The van der Waals surface area contributed by atoms with E-state index in [0.29, 0.717) is 18.8 Å². The maximum atomic E-state index is 8.89. The quantitative estimate of drug-likeness (QED) is 0.749. The number of hydrogen-bond donors (Lipinski definition) is 0. The van der Waals surface area contributed by atoms with Crippen molar-refractivity contribution in [2.24, 2.45) is 7.05 Å². The molecule has 1 aromatic carbocycles. The van der Waals surface area contributed by atoms with Crippen LogP contribution in [-0.4, -0.2) is 52.5 Å². The second kappa shape index (κ2) is 7.90. The van der Waals surface area contributed by atoms with Crippen molar-refractivity contribution in [2.75, 3.05) is 32.8 Å². The molecule has 1 aliphatic heterocycles. The number of nitrogens with zero attached hydrogens (tertiary/aromatic N) is 5. The standard InChI is InChI=1S/C17H21N5O2/c1-21-13-19-20-17(21)16-12-22(7-9-24-16)6-3-8-23-15-5-2-4-14(10-15)11-18/h2,4-5,10,13,16H,3,6-9,12H2,1H3. The first-order chi connectivity index (χ1) is 11.8. The zero-order valence-electron chi connectivity index (χ0n) is 13.8. The van der Waals surface area contributed by atoms with Crippen LogP contribution in [0.2, 0.25) is 0 Å². The predicted molar refractivity (Wildman–Crippen MR) is 87.4 cm³/mol. The van der Waals surface area contributed by atoms with E-state index in [9.17, 15) is 0 Å². The van der Waals surface area contributed by atoms with E-state index in [4.69, 9.17) is 14.7 Å². The van der Waals surface area contributed by atoms with Crippen LogP contribution in [0.1, 0.15) is 23.9 Å². The molecule has 1 fully saturated rings. The van der Waals surface area contributed by atoms with Gasteiger partial charge in [-0.2, -0.15) is 5.26 Å². The summed E-state index contributed by atoms with van der Waals surface area (Å²) in [6, 6.07) is 9.36. The number of nitriles is 1. The summed E-state index contributed by atoms with van der Waals surface area (Å²) in [5, 5.41) is 16.9. The molecule has 0 saturated carbocycles. The fraction of sp³-hybridized carbons (Fsp3) is 0.471. The lowest BCUT2D eigenvalue weighted by Gasteiger charge is -2.32. The van der Waals surface area contributed by atoms with Crippen LogP contribution in [0.3, 0.4) is 0 Å². The summed E-state index contributed by atoms with van der Waals surface area (Å²) in [6.07, 6.45) is 2.59. The van der Waals surface area contributed by atoms with Gasteiger partial charge in [0, 0.05) is 26.7 Å². The minimum absolute atomic E-state index is 0.0283. The molecule has 24 heavy (non-hydrogen) atoms. The normalized spacial score (nSPS) is 18.2. The summed E-state index contributed by atoms with van der Waals surface area (Å²) in [6.45, 7) is 3.99. The largest absolute Gasteiger partial charge is 0.494 e. The van der Waals surface area contributed by atoms with Crippen molar-refractivity contribution < 1.29 is 9.47 Å². The summed E-state index contributed by atoms with van der Waals surface area (Å²) in [5.41, 5.74) is 0.618. The van der Waals surface area contributed by atoms with Crippen molar-refractivity contribution in [1.82, 2.24) is 19.7 Å². The Bertz CT molecular complexity index is 709. The first-order valence-electron chi connectivity index (χ1n) is 8.07. The maximum Gasteiger partial charge on any atom is 0.163 e. The molecule has 1 aromatic heterocycles. The van der Waals surface area contributed by atoms with Crippen molar-refractivity contribution in [3.63, 3.8) is 0 Å². The van der Waals surface area contributed by atoms with Crippen molar-refractivity contribution in [2.45, 2.75) is 12.5 Å². The van der Waals surface area contributed by atoms with Crippen molar-refractivity contribution in [3.8, 4) is 11.8 Å². The average Bonchev–Trinajstić information content (AvgIpc) is 3.05. The first kappa shape index (κ1) is 16.4. The molecule has 1 atom stereocenters. The molecule has 0 spiro atoms. The molecule has 1 saturated heterocycles. The second-order valence-corrected chi connectivity index (χ2v) is 5.80. The van der Waals surface area contributed by atoms with Crippen molar-refractivity contribution in [3.05, 3.63) is 42.0 Å². The van der Waals surface area contributed by atoms with Crippen LogP contribution < -0.4 is 4.74 Å². The van der Waals surface area contributed by atoms with Gasteiger partial charge in [0.25, 0.3) is 0 Å². The van der Waals surface area contributed by atoms with E-state index in [1.165, 1.54) is 0 Å². The molecule has 0 aliphatic carbocycles. The Hall–Kier alpha value is -2.43. The molecule has 0 bridgehead atoms. The smallest absolute Gasteiger partial charge is 0.163 e. The molecule has 0 N–H and O–H groups in total. The van der Waals surface area contributed by atoms with Crippen LogP contribution >= 0.6 is 0 Å². The van der Waals surface area contributed by atoms with E-state index in [1.807, 2.05) is 23.7 Å². The highest BCUT2D eigenvalue weighted by molar-refractivity contribution is 5.36. The molecular formula is C17H21N5O2. The van der Waals surface area contributed by atoms with Crippen LogP contribution in [0, 0.1) is 11.3 Å². The Morgan fingerprint density at radius 3 is 3.17 bits per heavy atom. The van der Waals surface area contributed by atoms with Crippen molar-refractivity contribution in [1.29, 1.82) is 5.26 Å². The number of aromatic nitrogens is 3. The van der Waals surface area contributed by atoms with Gasteiger partial charge in [-0.05, 0) is 24.6 Å². The maximum absolute atomic E-state index is 8.89. The topological polar surface area (TPSA) is 76.2 Å². The van der Waals surface area contributed by atoms with Gasteiger partial charge in [-0.25, -0.2) is 0 Å². The van der Waals surface area contributed by atoms with Crippen LogP contribution in [0.4, 0.5) is 0 Å². The number of morpholine rings is 1. The Kier molecular flexibility index (Phi) is 5.41. The molecule has 1 unspecified atom stereocenters. The van der Waals surface area contributed by atoms with Gasteiger partial charge in [-0.15, -0.1) is 10.2 Å². The second-order valence-electron chi connectivity index (χ2n) is 5.80. The van der Waals surface area contributed by atoms with E-state index in [2.05, 4.69) is 21.2 Å². The van der Waals surface area contributed by atoms with E-state index < -0.39 is 0 Å². The third-order valence-electron chi connectivity index (χ3n) is 4.04. The van der Waals surface area contributed by atoms with Crippen LogP contribution in [0.15, 0.2) is 30.6 Å². The molecule has 7 heteroatoms. The Balaban J connectivity index is 1.43. The van der Waals surface area contributed by atoms with Crippen LogP contribution in [0.5, 0.6) is 5.75 Å².